The minimum absolute atomic E-state index is 0.0258. The van der Waals surface area contributed by atoms with Crippen molar-refractivity contribution < 1.29 is 4.39 Å². The van der Waals surface area contributed by atoms with Gasteiger partial charge in [0.1, 0.15) is 5.82 Å². The van der Waals surface area contributed by atoms with Crippen molar-refractivity contribution in [2.45, 2.75) is 32.7 Å². The Morgan fingerprint density at radius 3 is 2.67 bits per heavy atom. The van der Waals surface area contributed by atoms with E-state index >= 15 is 0 Å². The minimum atomic E-state index is -0.346. The number of benzene rings is 2. The summed E-state index contributed by atoms with van der Waals surface area (Å²) in [5.41, 5.74) is 2.77. The van der Waals surface area contributed by atoms with Crippen molar-refractivity contribution in [1.29, 1.82) is 0 Å². The van der Waals surface area contributed by atoms with Crippen molar-refractivity contribution in [2.24, 2.45) is 5.92 Å². The van der Waals surface area contributed by atoms with Crippen molar-refractivity contribution in [3.8, 4) is 0 Å². The summed E-state index contributed by atoms with van der Waals surface area (Å²) < 4.78 is 14.6. The van der Waals surface area contributed by atoms with Crippen LogP contribution in [0.2, 0.25) is 0 Å². The molecule has 3 rings (SSSR count). The van der Waals surface area contributed by atoms with Gasteiger partial charge in [-0.25, -0.2) is 4.39 Å². The van der Waals surface area contributed by atoms with Crippen LogP contribution < -0.4 is 15.5 Å². The molecule has 144 valence electrons. The highest BCUT2D eigenvalue weighted by Gasteiger charge is 2.17. The van der Waals surface area contributed by atoms with Gasteiger partial charge in [0.25, 0.3) is 0 Å². The third-order valence-corrected chi connectivity index (χ3v) is 5.66. The summed E-state index contributed by atoms with van der Waals surface area (Å²) in [6.07, 6.45) is 2.58. The summed E-state index contributed by atoms with van der Waals surface area (Å²) in [6.45, 7) is 6.61. The fourth-order valence-electron chi connectivity index (χ4n) is 3.43. The Morgan fingerprint density at radius 2 is 2.00 bits per heavy atom. The van der Waals surface area contributed by atoms with E-state index in [0.29, 0.717) is 15.3 Å². The number of rotatable bonds is 4. The number of hydrogen-bond acceptors (Lipinski definition) is 2. The normalized spacial score (nSPS) is 18.1. The van der Waals surface area contributed by atoms with Crippen LogP contribution in [0.15, 0.2) is 46.9 Å². The fourth-order valence-corrected chi connectivity index (χ4v) is 4.05. The molecule has 0 amide bonds. The lowest BCUT2D eigenvalue weighted by atomic mass is 9.99. The smallest absolute Gasteiger partial charge is 0.171 e. The van der Waals surface area contributed by atoms with E-state index in [1.54, 1.807) is 12.1 Å². The molecule has 3 nitrogen and oxygen atoms in total. The first kappa shape index (κ1) is 20.1. The van der Waals surface area contributed by atoms with Crippen LogP contribution in [-0.4, -0.2) is 18.2 Å². The van der Waals surface area contributed by atoms with E-state index in [-0.39, 0.29) is 11.9 Å². The summed E-state index contributed by atoms with van der Waals surface area (Å²) >= 11 is 8.59. The average Bonchev–Trinajstić information content (AvgIpc) is 2.64. The monoisotopic (exact) mass is 449 g/mol. The van der Waals surface area contributed by atoms with Gasteiger partial charge in [-0.3, -0.25) is 0 Å². The Balaban J connectivity index is 1.58. The molecule has 1 saturated heterocycles. The number of nitrogens with one attached hydrogen (secondary N) is 2. The third kappa shape index (κ3) is 5.42. The van der Waals surface area contributed by atoms with Gasteiger partial charge in [0.2, 0.25) is 0 Å². The van der Waals surface area contributed by atoms with Crippen molar-refractivity contribution in [3.63, 3.8) is 0 Å². The van der Waals surface area contributed by atoms with Crippen LogP contribution in [-0.2, 0) is 0 Å². The summed E-state index contributed by atoms with van der Waals surface area (Å²) in [5.74, 6) is 0.405. The zero-order valence-electron chi connectivity index (χ0n) is 15.6. The van der Waals surface area contributed by atoms with Gasteiger partial charge in [-0.1, -0.05) is 35.0 Å². The Labute approximate surface area is 174 Å². The number of anilines is 2. The zero-order valence-corrected chi connectivity index (χ0v) is 18.0. The van der Waals surface area contributed by atoms with Crippen LogP contribution in [0.3, 0.4) is 0 Å². The van der Waals surface area contributed by atoms with Crippen LogP contribution in [0.4, 0.5) is 15.8 Å². The molecule has 1 fully saturated rings. The topological polar surface area (TPSA) is 27.3 Å². The van der Waals surface area contributed by atoms with E-state index in [1.807, 2.05) is 6.92 Å². The zero-order chi connectivity index (χ0) is 19.4. The van der Waals surface area contributed by atoms with E-state index < -0.39 is 0 Å². The van der Waals surface area contributed by atoms with Crippen LogP contribution >= 0.6 is 28.1 Å². The first-order valence-electron chi connectivity index (χ1n) is 9.30. The predicted octanol–water partition coefficient (Wildman–Crippen LogP) is 5.87. The summed E-state index contributed by atoms with van der Waals surface area (Å²) in [5, 5.41) is 6.54. The molecule has 0 spiro atoms. The fraction of sp³-hybridized carbons (Fsp3) is 0.381. The molecule has 27 heavy (non-hydrogen) atoms. The van der Waals surface area contributed by atoms with Crippen molar-refractivity contribution >= 4 is 44.6 Å². The second-order valence-corrected chi connectivity index (χ2v) is 8.55. The quantitative estimate of drug-likeness (QED) is 0.570. The van der Waals surface area contributed by atoms with Crippen molar-refractivity contribution in [2.75, 3.05) is 23.3 Å². The molecule has 0 bridgehead atoms. The number of thiocarbonyl (C=S) groups is 1. The lowest BCUT2D eigenvalue weighted by Gasteiger charge is -2.33. The maximum absolute atomic E-state index is 13.9. The van der Waals surface area contributed by atoms with Crippen LogP contribution in [0.25, 0.3) is 0 Å². The Hall–Kier alpha value is -1.66. The second kappa shape index (κ2) is 9.02. The SMILES string of the molecule is C[C@@H]1CCCN(c2ccc([C@@H](C)NC(=S)Nc3ccc(Br)cc3F)cc2)C1. The summed E-state index contributed by atoms with van der Waals surface area (Å²) in [6, 6.07) is 13.5. The van der Waals surface area contributed by atoms with Gasteiger partial charge in [0, 0.05) is 23.2 Å². The van der Waals surface area contributed by atoms with E-state index in [0.717, 1.165) is 24.6 Å². The molecule has 0 aromatic heterocycles. The first-order chi connectivity index (χ1) is 12.9. The van der Waals surface area contributed by atoms with E-state index in [4.69, 9.17) is 12.2 Å². The van der Waals surface area contributed by atoms with Gasteiger partial charge in [-0.15, -0.1) is 0 Å². The highest BCUT2D eigenvalue weighted by molar-refractivity contribution is 9.10. The maximum atomic E-state index is 13.9. The molecule has 2 aromatic rings. The van der Waals surface area contributed by atoms with Crippen molar-refractivity contribution in [3.05, 3.63) is 58.3 Å². The average molecular weight is 450 g/mol. The lowest BCUT2D eigenvalue weighted by molar-refractivity contribution is 0.447. The van der Waals surface area contributed by atoms with Gasteiger partial charge >= 0.3 is 0 Å². The van der Waals surface area contributed by atoms with Crippen LogP contribution in [0.5, 0.6) is 0 Å². The summed E-state index contributed by atoms with van der Waals surface area (Å²) in [4.78, 5) is 2.46. The molecule has 2 atom stereocenters. The second-order valence-electron chi connectivity index (χ2n) is 7.23. The lowest BCUT2D eigenvalue weighted by Crippen LogP contribution is -2.34. The maximum Gasteiger partial charge on any atom is 0.171 e. The molecule has 1 aliphatic rings. The third-order valence-electron chi connectivity index (χ3n) is 4.94. The Bertz CT molecular complexity index is 797. The molecular weight excluding hydrogens is 425 g/mol. The molecular formula is C21H25BrFN3S. The molecule has 1 heterocycles. The number of halogens is 2. The van der Waals surface area contributed by atoms with Crippen LogP contribution in [0.1, 0.15) is 38.3 Å². The highest BCUT2D eigenvalue weighted by Crippen LogP contribution is 2.25. The largest absolute Gasteiger partial charge is 0.371 e. The summed E-state index contributed by atoms with van der Waals surface area (Å²) in [7, 11) is 0. The standard InChI is InChI=1S/C21H25BrFN3S/c1-14-4-3-11-26(13-14)18-8-5-16(6-9-18)15(2)24-21(27)25-20-10-7-17(22)12-19(20)23/h5-10,12,14-15H,3-4,11,13H2,1-2H3,(H2,24,25,27)/t14-,15-/m1/s1. The van der Waals surface area contributed by atoms with Crippen LogP contribution in [0, 0.1) is 11.7 Å². The molecule has 6 heteroatoms. The Kier molecular flexibility index (Phi) is 6.71. The predicted molar refractivity (Wildman–Crippen MR) is 119 cm³/mol. The molecule has 2 aromatic carbocycles. The van der Waals surface area contributed by atoms with Gasteiger partial charge in [-0.05, 0) is 73.8 Å². The minimum Gasteiger partial charge on any atom is -0.371 e. The molecule has 1 aliphatic heterocycles. The van der Waals surface area contributed by atoms with E-state index in [9.17, 15) is 4.39 Å². The number of piperidine rings is 1. The number of nitrogens with zero attached hydrogens (tertiary/aromatic N) is 1. The molecule has 0 aliphatic carbocycles. The molecule has 2 N–H and O–H groups in total. The first-order valence-corrected chi connectivity index (χ1v) is 10.5. The van der Waals surface area contributed by atoms with Gasteiger partial charge < -0.3 is 15.5 Å². The van der Waals surface area contributed by atoms with Gasteiger partial charge in [0.15, 0.2) is 5.11 Å². The highest BCUT2D eigenvalue weighted by atomic mass is 79.9. The Morgan fingerprint density at radius 1 is 1.26 bits per heavy atom. The number of hydrogen-bond donors (Lipinski definition) is 2. The van der Waals surface area contributed by atoms with Gasteiger partial charge in [-0.2, -0.15) is 0 Å². The van der Waals surface area contributed by atoms with Crippen molar-refractivity contribution in [1.82, 2.24) is 5.32 Å². The molecule has 0 unspecified atom stereocenters. The van der Waals surface area contributed by atoms with E-state index in [2.05, 4.69) is 62.7 Å². The van der Waals surface area contributed by atoms with Gasteiger partial charge in [0.05, 0.1) is 11.7 Å². The molecule has 0 radical (unpaired) electrons. The van der Waals surface area contributed by atoms with E-state index in [1.165, 1.54) is 24.6 Å². The molecule has 0 saturated carbocycles.